The van der Waals surface area contributed by atoms with E-state index in [2.05, 4.69) is 0 Å². The lowest BCUT2D eigenvalue weighted by Gasteiger charge is -2.37. The molecule has 6 nitrogen and oxygen atoms in total. The summed E-state index contributed by atoms with van der Waals surface area (Å²) in [6, 6.07) is 13.3. The van der Waals surface area contributed by atoms with Crippen LogP contribution in [0.4, 0.5) is 8.78 Å². The van der Waals surface area contributed by atoms with Crippen molar-refractivity contribution in [2.24, 2.45) is 0 Å². The van der Waals surface area contributed by atoms with Crippen LogP contribution in [-0.4, -0.2) is 61.6 Å². The number of thiophene rings is 1. The number of carbonyl (C=O) groups is 2. The van der Waals surface area contributed by atoms with Gasteiger partial charge in [-0.25, -0.2) is 8.78 Å². The average Bonchev–Trinajstić information content (AvgIpc) is 3.35. The summed E-state index contributed by atoms with van der Waals surface area (Å²) < 4.78 is 39.3. The minimum absolute atomic E-state index is 0.0652. The van der Waals surface area contributed by atoms with Gasteiger partial charge in [0.05, 0.1) is 18.2 Å². The number of hydrogen-bond acceptors (Lipinski definition) is 5. The zero-order chi connectivity index (χ0) is 24.8. The monoisotopic (exact) mass is 500 g/mol. The summed E-state index contributed by atoms with van der Waals surface area (Å²) in [5, 5.41) is 1.96. The quantitative estimate of drug-likeness (QED) is 0.439. The molecule has 9 heteroatoms. The van der Waals surface area contributed by atoms with Gasteiger partial charge in [0.2, 0.25) is 5.91 Å². The molecule has 2 heterocycles. The van der Waals surface area contributed by atoms with Gasteiger partial charge in [0.15, 0.2) is 11.6 Å². The van der Waals surface area contributed by atoms with Crippen LogP contribution in [0.15, 0.2) is 60.0 Å². The van der Waals surface area contributed by atoms with Crippen LogP contribution in [0.25, 0.3) is 0 Å². The highest BCUT2D eigenvalue weighted by Crippen LogP contribution is 2.34. The maximum atomic E-state index is 14.3. The first-order valence-corrected chi connectivity index (χ1v) is 12.1. The van der Waals surface area contributed by atoms with Gasteiger partial charge in [0.25, 0.3) is 5.91 Å². The predicted molar refractivity (Wildman–Crippen MR) is 129 cm³/mol. The van der Waals surface area contributed by atoms with Crippen molar-refractivity contribution >= 4 is 23.2 Å². The van der Waals surface area contributed by atoms with Crippen molar-refractivity contribution in [3.05, 3.63) is 87.6 Å². The fraction of sp³-hybridized carbons (Fsp3) is 0.308. The third kappa shape index (κ3) is 5.68. The third-order valence-corrected chi connectivity index (χ3v) is 6.93. The number of carbonyl (C=O) groups excluding carboxylic acids is 2. The molecule has 0 N–H and O–H groups in total. The number of nitrogens with zero attached hydrogens (tertiary/aromatic N) is 2. The predicted octanol–water partition coefficient (Wildman–Crippen LogP) is 4.32. The summed E-state index contributed by atoms with van der Waals surface area (Å²) >= 11 is 1.61. The number of halogens is 2. The molecule has 0 saturated heterocycles. The van der Waals surface area contributed by atoms with Gasteiger partial charge in [-0.05, 0) is 47.7 Å². The van der Waals surface area contributed by atoms with E-state index in [0.29, 0.717) is 13.0 Å². The Morgan fingerprint density at radius 2 is 1.83 bits per heavy atom. The Morgan fingerprint density at radius 3 is 2.57 bits per heavy atom. The van der Waals surface area contributed by atoms with Crippen molar-refractivity contribution in [2.45, 2.75) is 12.5 Å². The van der Waals surface area contributed by atoms with E-state index >= 15 is 0 Å². The third-order valence-electron chi connectivity index (χ3n) is 5.93. The molecule has 1 aromatic heterocycles. The summed E-state index contributed by atoms with van der Waals surface area (Å²) in [5.74, 6) is -1.90. The Morgan fingerprint density at radius 1 is 1.09 bits per heavy atom. The molecule has 35 heavy (non-hydrogen) atoms. The summed E-state index contributed by atoms with van der Waals surface area (Å²) in [7, 11) is 1.49. The molecular weight excluding hydrogens is 474 g/mol. The van der Waals surface area contributed by atoms with Crippen LogP contribution in [0.5, 0.6) is 5.75 Å². The Kier molecular flexibility index (Phi) is 8.09. The number of amides is 2. The molecule has 184 valence electrons. The number of benzene rings is 2. The lowest BCUT2D eigenvalue weighted by atomic mass is 10.0. The molecule has 2 aromatic carbocycles. The normalized spacial score (nSPS) is 14.9. The first-order chi connectivity index (χ1) is 17.0. The minimum Gasteiger partial charge on any atom is -0.488 e. The summed E-state index contributed by atoms with van der Waals surface area (Å²) in [5.41, 5.74) is 0.851. The number of hydrogen-bond donors (Lipinski definition) is 0. The molecule has 0 unspecified atom stereocenters. The maximum Gasteiger partial charge on any atom is 0.257 e. The van der Waals surface area contributed by atoms with Crippen LogP contribution in [0.1, 0.15) is 26.8 Å². The van der Waals surface area contributed by atoms with Crippen LogP contribution in [0, 0.1) is 11.6 Å². The fourth-order valence-electron chi connectivity index (χ4n) is 4.12. The largest absolute Gasteiger partial charge is 0.488 e. The summed E-state index contributed by atoms with van der Waals surface area (Å²) in [4.78, 5) is 30.7. The maximum absolute atomic E-state index is 14.3. The molecular formula is C26H26F2N2O4S. The topological polar surface area (TPSA) is 59.1 Å². The van der Waals surface area contributed by atoms with Gasteiger partial charge >= 0.3 is 0 Å². The van der Waals surface area contributed by atoms with Crippen LogP contribution in [-0.2, 0) is 16.0 Å². The second-order valence-corrected chi connectivity index (χ2v) is 9.09. The van der Waals surface area contributed by atoms with Crippen molar-refractivity contribution in [3.63, 3.8) is 0 Å². The Balaban J connectivity index is 1.54. The van der Waals surface area contributed by atoms with Gasteiger partial charge in [0.1, 0.15) is 19.0 Å². The average molecular weight is 501 g/mol. The molecule has 0 aliphatic carbocycles. The van der Waals surface area contributed by atoms with Gasteiger partial charge in [-0.3, -0.25) is 9.59 Å². The molecule has 0 fully saturated rings. The number of ether oxygens (including phenoxy) is 2. The molecule has 2 amide bonds. The number of rotatable bonds is 9. The molecule has 0 saturated carbocycles. The van der Waals surface area contributed by atoms with Crippen LogP contribution >= 0.6 is 11.3 Å². The zero-order valence-corrected chi connectivity index (χ0v) is 20.1. The van der Waals surface area contributed by atoms with Crippen LogP contribution < -0.4 is 4.74 Å². The Hall–Kier alpha value is -3.30. The number of methoxy groups -OCH3 is 1. The summed E-state index contributed by atoms with van der Waals surface area (Å²) in [6.07, 6.45) is 0.675. The van der Waals surface area contributed by atoms with Gasteiger partial charge in [-0.15, -0.1) is 11.3 Å². The van der Waals surface area contributed by atoms with E-state index in [1.54, 1.807) is 40.5 Å². The van der Waals surface area contributed by atoms with Gasteiger partial charge < -0.3 is 19.3 Å². The standard InChI is InChI=1S/C26H26F2N2O4S/c1-33-14-13-29(26(32)18-6-2-3-7-20(18)27)16-25(31)30-12-10-24-19(11-15-35-24)22(30)17-34-23-9-5-4-8-21(23)28/h2-9,11,15,22H,10,12-14,16-17H2,1H3/t22-/m1/s1. The van der Waals surface area contributed by atoms with Gasteiger partial charge in [-0.1, -0.05) is 24.3 Å². The highest BCUT2D eigenvalue weighted by Gasteiger charge is 2.34. The van der Waals surface area contributed by atoms with Gasteiger partial charge in [-0.2, -0.15) is 0 Å². The second kappa shape index (κ2) is 11.4. The van der Waals surface area contributed by atoms with Crippen molar-refractivity contribution in [3.8, 4) is 5.75 Å². The van der Waals surface area contributed by atoms with Gasteiger partial charge in [0, 0.05) is 25.1 Å². The van der Waals surface area contributed by atoms with Crippen LogP contribution in [0.2, 0.25) is 0 Å². The number of para-hydroxylation sites is 1. The van der Waals surface area contributed by atoms with E-state index in [4.69, 9.17) is 9.47 Å². The highest BCUT2D eigenvalue weighted by atomic mass is 32.1. The molecule has 1 aliphatic rings. The first-order valence-electron chi connectivity index (χ1n) is 11.3. The zero-order valence-electron chi connectivity index (χ0n) is 19.3. The van der Waals surface area contributed by atoms with E-state index in [9.17, 15) is 18.4 Å². The molecule has 0 bridgehead atoms. The van der Waals surface area contributed by atoms with Crippen molar-refractivity contribution in [1.29, 1.82) is 0 Å². The Labute approximate surface area is 206 Å². The molecule has 1 atom stereocenters. The first kappa shape index (κ1) is 24.8. The van der Waals surface area contributed by atoms with Crippen LogP contribution in [0.3, 0.4) is 0 Å². The van der Waals surface area contributed by atoms with E-state index < -0.39 is 23.6 Å². The lowest BCUT2D eigenvalue weighted by molar-refractivity contribution is -0.135. The van der Waals surface area contributed by atoms with E-state index in [-0.39, 0.29) is 43.5 Å². The van der Waals surface area contributed by atoms with Crippen molar-refractivity contribution in [1.82, 2.24) is 9.80 Å². The molecule has 3 aromatic rings. The van der Waals surface area contributed by atoms with E-state index in [1.807, 2.05) is 11.4 Å². The van der Waals surface area contributed by atoms with Crippen molar-refractivity contribution < 1.29 is 27.8 Å². The molecule has 4 rings (SSSR count). The Bertz CT molecular complexity index is 1190. The fourth-order valence-corrected chi connectivity index (χ4v) is 5.05. The van der Waals surface area contributed by atoms with Crippen molar-refractivity contribution in [2.75, 3.05) is 40.0 Å². The smallest absolute Gasteiger partial charge is 0.257 e. The summed E-state index contributed by atoms with van der Waals surface area (Å²) in [6.45, 7) is 0.580. The number of fused-ring (bicyclic) bond motifs is 1. The second-order valence-electron chi connectivity index (χ2n) is 8.09. The SMILES string of the molecule is COCCN(CC(=O)N1CCc2sccc2[C@H]1COc1ccccc1F)C(=O)c1ccccc1F. The minimum atomic E-state index is -0.649. The molecule has 0 spiro atoms. The van der Waals surface area contributed by atoms with E-state index in [1.165, 1.54) is 36.3 Å². The van der Waals surface area contributed by atoms with E-state index in [0.717, 1.165) is 10.4 Å². The lowest BCUT2D eigenvalue weighted by Crippen LogP contribution is -2.48. The highest BCUT2D eigenvalue weighted by molar-refractivity contribution is 7.10. The molecule has 0 radical (unpaired) electrons. The molecule has 1 aliphatic heterocycles.